The van der Waals surface area contributed by atoms with Crippen LogP contribution in [0.25, 0.3) is 10.8 Å². The van der Waals surface area contributed by atoms with Crippen molar-refractivity contribution in [2.75, 3.05) is 10.6 Å². The Morgan fingerprint density at radius 1 is 0.938 bits per heavy atom. The number of amides is 2. The molecule has 0 saturated carbocycles. The van der Waals surface area contributed by atoms with Crippen molar-refractivity contribution in [3.8, 4) is 0 Å². The second-order valence-corrected chi connectivity index (χ2v) is 7.95. The molecule has 168 valence electrons. The van der Waals surface area contributed by atoms with Crippen LogP contribution in [0, 0.1) is 0 Å². The molecule has 32 heavy (non-hydrogen) atoms. The molecule has 0 bridgehead atoms. The highest BCUT2D eigenvalue weighted by atomic mass is 19.4. The predicted molar refractivity (Wildman–Crippen MR) is 114 cm³/mol. The Labute approximate surface area is 180 Å². The number of carbonyl (C=O) groups is 2. The lowest BCUT2D eigenvalue weighted by molar-refractivity contribution is -0.137. The molecule has 0 unspecified atom stereocenters. The average Bonchev–Trinajstić information content (AvgIpc) is 2.66. The quantitative estimate of drug-likeness (QED) is 0.517. The monoisotopic (exact) mass is 447 g/mol. The molecule has 3 rings (SSSR count). The Hall–Kier alpha value is -3.82. The maximum absolute atomic E-state index is 13.0. The van der Waals surface area contributed by atoms with Crippen LogP contribution in [0.15, 0.2) is 53.5 Å². The molecule has 7 nitrogen and oxygen atoms in total. The number of nitrogens with one attached hydrogen (secondary N) is 3. The minimum absolute atomic E-state index is 0.0635. The van der Waals surface area contributed by atoms with Gasteiger partial charge in [-0.05, 0) is 49.7 Å². The Bertz CT molecular complexity index is 1240. The number of rotatable bonds is 3. The van der Waals surface area contributed by atoms with E-state index in [-0.39, 0.29) is 11.3 Å². The lowest BCUT2D eigenvalue weighted by Gasteiger charge is -2.20. The van der Waals surface area contributed by atoms with Crippen LogP contribution in [-0.2, 0) is 10.9 Å². The van der Waals surface area contributed by atoms with Crippen LogP contribution in [0.3, 0.4) is 0 Å². The van der Waals surface area contributed by atoms with Gasteiger partial charge in [-0.1, -0.05) is 24.3 Å². The molecule has 2 aromatic carbocycles. The van der Waals surface area contributed by atoms with Crippen LogP contribution < -0.4 is 16.2 Å². The summed E-state index contributed by atoms with van der Waals surface area (Å²) in [5, 5.41) is 6.02. The van der Waals surface area contributed by atoms with Gasteiger partial charge in [0, 0.05) is 6.20 Å². The first-order chi connectivity index (χ1) is 14.8. The largest absolute Gasteiger partial charge is 0.444 e. The topological polar surface area (TPSA) is 100 Å². The highest BCUT2D eigenvalue weighted by Gasteiger charge is 2.31. The van der Waals surface area contributed by atoms with Crippen molar-refractivity contribution in [1.29, 1.82) is 0 Å². The first kappa shape index (κ1) is 22.9. The van der Waals surface area contributed by atoms with Crippen LogP contribution >= 0.6 is 0 Å². The number of aromatic nitrogens is 1. The van der Waals surface area contributed by atoms with Gasteiger partial charge in [-0.25, -0.2) is 4.79 Å². The molecule has 10 heteroatoms. The van der Waals surface area contributed by atoms with Crippen molar-refractivity contribution in [1.82, 2.24) is 4.98 Å². The van der Waals surface area contributed by atoms with Gasteiger partial charge in [-0.3, -0.25) is 14.9 Å². The van der Waals surface area contributed by atoms with E-state index >= 15 is 0 Å². The minimum atomic E-state index is -4.71. The van der Waals surface area contributed by atoms with E-state index in [0.717, 1.165) is 0 Å². The summed E-state index contributed by atoms with van der Waals surface area (Å²) in [7, 11) is 0. The summed E-state index contributed by atoms with van der Waals surface area (Å²) in [5.41, 5.74) is -3.41. The average molecular weight is 447 g/mol. The molecule has 2 amide bonds. The second kappa shape index (κ2) is 8.37. The number of aromatic amines is 1. The molecule has 1 heterocycles. The smallest absolute Gasteiger partial charge is 0.417 e. The number of fused-ring (bicyclic) bond motifs is 1. The van der Waals surface area contributed by atoms with E-state index < -0.39 is 40.6 Å². The molecule has 0 aliphatic heterocycles. The molecule has 1 aromatic heterocycles. The van der Waals surface area contributed by atoms with Crippen molar-refractivity contribution in [3.63, 3.8) is 0 Å². The lowest BCUT2D eigenvalue weighted by Crippen LogP contribution is -2.28. The number of benzene rings is 2. The third-order valence-corrected chi connectivity index (χ3v) is 4.24. The molecule has 0 atom stereocenters. The van der Waals surface area contributed by atoms with Gasteiger partial charge in [-0.2, -0.15) is 13.2 Å². The first-order valence-electron chi connectivity index (χ1n) is 9.47. The molecular weight excluding hydrogens is 427 g/mol. The summed E-state index contributed by atoms with van der Waals surface area (Å²) in [6.45, 7) is 5.00. The molecule has 3 aromatic rings. The van der Waals surface area contributed by atoms with Crippen LogP contribution in [0.1, 0.15) is 36.7 Å². The molecule has 0 saturated heterocycles. The summed E-state index contributed by atoms with van der Waals surface area (Å²) < 4.78 is 44.2. The minimum Gasteiger partial charge on any atom is -0.444 e. The van der Waals surface area contributed by atoms with Gasteiger partial charge in [0.25, 0.3) is 11.5 Å². The Balaban J connectivity index is 2.00. The van der Waals surface area contributed by atoms with Gasteiger partial charge in [-0.15, -0.1) is 0 Å². The van der Waals surface area contributed by atoms with E-state index in [1.54, 1.807) is 45.0 Å². The number of H-pyrrole nitrogens is 1. The number of alkyl halides is 3. The normalized spacial score (nSPS) is 11.8. The van der Waals surface area contributed by atoms with E-state index in [1.807, 2.05) is 4.98 Å². The van der Waals surface area contributed by atoms with E-state index in [0.29, 0.717) is 23.0 Å². The molecule has 0 fully saturated rings. The maximum Gasteiger partial charge on any atom is 0.417 e. The SMILES string of the molecule is CC(C)(C)OC(=O)Nc1cc2ccccc2cc1C(=O)Nc1cc(C(F)(F)F)c[nH]c1=O. The highest BCUT2D eigenvalue weighted by Crippen LogP contribution is 2.30. The molecule has 0 radical (unpaired) electrons. The fourth-order valence-electron chi connectivity index (χ4n) is 2.88. The zero-order valence-corrected chi connectivity index (χ0v) is 17.4. The van der Waals surface area contributed by atoms with Gasteiger partial charge < -0.3 is 15.0 Å². The van der Waals surface area contributed by atoms with Crippen molar-refractivity contribution in [2.45, 2.75) is 32.5 Å². The zero-order chi connectivity index (χ0) is 23.7. The van der Waals surface area contributed by atoms with Crippen LogP contribution in [-0.4, -0.2) is 22.6 Å². The predicted octanol–water partition coefficient (Wildman–Crippen LogP) is 5.15. The summed E-state index contributed by atoms with van der Waals surface area (Å²) in [6, 6.07) is 10.5. The summed E-state index contributed by atoms with van der Waals surface area (Å²) >= 11 is 0. The van der Waals surface area contributed by atoms with Gasteiger partial charge in [0.05, 0.1) is 16.8 Å². The third-order valence-electron chi connectivity index (χ3n) is 4.24. The Kier molecular flexibility index (Phi) is 5.98. The summed E-state index contributed by atoms with van der Waals surface area (Å²) in [5.74, 6) is -0.883. The number of pyridine rings is 1. The van der Waals surface area contributed by atoms with Crippen LogP contribution in [0.4, 0.5) is 29.3 Å². The zero-order valence-electron chi connectivity index (χ0n) is 17.4. The highest BCUT2D eigenvalue weighted by molar-refractivity contribution is 6.12. The molecular formula is C22H20F3N3O4. The van der Waals surface area contributed by atoms with E-state index in [2.05, 4.69) is 10.6 Å². The maximum atomic E-state index is 13.0. The fraction of sp³-hybridized carbons (Fsp3) is 0.227. The number of hydrogen-bond donors (Lipinski definition) is 3. The van der Waals surface area contributed by atoms with Gasteiger partial charge in [0.1, 0.15) is 11.3 Å². The summed E-state index contributed by atoms with van der Waals surface area (Å²) in [6.07, 6.45) is -5.02. The Morgan fingerprint density at radius 3 is 2.16 bits per heavy atom. The van der Waals surface area contributed by atoms with E-state index in [9.17, 15) is 27.6 Å². The van der Waals surface area contributed by atoms with E-state index in [1.165, 1.54) is 12.1 Å². The standard InChI is InChI=1S/C22H20F3N3O4/c1-21(2,3)32-20(31)28-16-9-13-7-5-4-6-12(13)8-15(16)18(29)27-17-10-14(22(23,24)25)11-26-19(17)30/h4-11H,1-3H3,(H,26,30)(H,27,29)(H,28,31). The fourth-order valence-corrected chi connectivity index (χ4v) is 2.88. The number of carbonyl (C=O) groups excluding carboxylic acids is 2. The molecule has 0 spiro atoms. The van der Waals surface area contributed by atoms with Crippen molar-refractivity contribution < 1.29 is 27.5 Å². The number of anilines is 2. The first-order valence-corrected chi connectivity index (χ1v) is 9.47. The van der Waals surface area contributed by atoms with Crippen molar-refractivity contribution in [3.05, 3.63) is 70.1 Å². The molecule has 0 aliphatic rings. The van der Waals surface area contributed by atoms with Crippen molar-refractivity contribution in [2.24, 2.45) is 0 Å². The number of halogens is 3. The lowest BCUT2D eigenvalue weighted by atomic mass is 10.0. The summed E-state index contributed by atoms with van der Waals surface area (Å²) in [4.78, 5) is 39.1. The third kappa shape index (κ3) is 5.45. The molecule has 0 aliphatic carbocycles. The van der Waals surface area contributed by atoms with Crippen molar-refractivity contribution >= 4 is 34.1 Å². The van der Waals surface area contributed by atoms with E-state index in [4.69, 9.17) is 4.74 Å². The van der Waals surface area contributed by atoms with Crippen LogP contribution in [0.5, 0.6) is 0 Å². The number of hydrogen-bond acceptors (Lipinski definition) is 4. The van der Waals surface area contributed by atoms with Gasteiger partial charge in [0.2, 0.25) is 0 Å². The van der Waals surface area contributed by atoms with Crippen LogP contribution in [0.2, 0.25) is 0 Å². The Morgan fingerprint density at radius 2 is 1.56 bits per heavy atom. The second-order valence-electron chi connectivity index (χ2n) is 7.95. The molecule has 3 N–H and O–H groups in total. The van der Waals surface area contributed by atoms with Gasteiger partial charge >= 0.3 is 12.3 Å². The number of ether oxygens (including phenoxy) is 1. The van der Waals surface area contributed by atoms with Gasteiger partial charge in [0.15, 0.2) is 0 Å².